The highest BCUT2D eigenvalue weighted by atomic mass is 13.8. The Bertz CT molecular complexity index is 96.6. The second-order valence-electron chi connectivity index (χ2n) is 1.86. The van der Waals surface area contributed by atoms with Crippen molar-refractivity contribution in [2.24, 2.45) is 0 Å². The Labute approximate surface area is 51.9 Å². The molecule has 0 nitrogen and oxygen atoms in total. The fourth-order valence-corrected chi connectivity index (χ4v) is 0.653. The van der Waals surface area contributed by atoms with Gasteiger partial charge in [0.05, 0.1) is 0 Å². The zero-order valence-electron chi connectivity index (χ0n) is 5.94. The first-order valence-electron chi connectivity index (χ1n) is 3.10. The van der Waals surface area contributed by atoms with E-state index in [4.69, 9.17) is 0 Å². The van der Waals surface area contributed by atoms with Crippen LogP contribution in [0.4, 0.5) is 0 Å². The van der Waals surface area contributed by atoms with E-state index >= 15 is 0 Å². The molecule has 0 aliphatic heterocycles. The molecule has 0 aromatic carbocycles. The lowest BCUT2D eigenvalue weighted by atomic mass is 10.2. The number of allylic oxidation sites excluding steroid dienone is 4. The summed E-state index contributed by atoms with van der Waals surface area (Å²) in [5.41, 5.74) is 1.36. The maximum atomic E-state index is 2.21. The third-order valence-corrected chi connectivity index (χ3v) is 0.956. The summed E-state index contributed by atoms with van der Waals surface area (Å²) in [6, 6.07) is 0. The minimum absolute atomic E-state index is 1.14. The van der Waals surface area contributed by atoms with Gasteiger partial charge in [-0.05, 0) is 20.3 Å². The summed E-state index contributed by atoms with van der Waals surface area (Å²) >= 11 is 0. The van der Waals surface area contributed by atoms with Crippen molar-refractivity contribution in [1.29, 1.82) is 0 Å². The van der Waals surface area contributed by atoms with Crippen molar-refractivity contribution in [3.8, 4) is 0 Å². The van der Waals surface area contributed by atoms with E-state index in [1.807, 2.05) is 6.92 Å². The maximum absolute atomic E-state index is 2.21. The van der Waals surface area contributed by atoms with Gasteiger partial charge in [0.1, 0.15) is 0 Å². The molecule has 0 unspecified atom stereocenters. The number of rotatable bonds is 2. The minimum atomic E-state index is 1.14. The van der Waals surface area contributed by atoms with Gasteiger partial charge in [-0.3, -0.25) is 0 Å². The summed E-state index contributed by atoms with van der Waals surface area (Å²) < 4.78 is 0. The van der Waals surface area contributed by atoms with Crippen LogP contribution in [-0.4, -0.2) is 0 Å². The van der Waals surface area contributed by atoms with Gasteiger partial charge in [-0.1, -0.05) is 30.7 Å². The van der Waals surface area contributed by atoms with Crippen LogP contribution in [0.1, 0.15) is 27.2 Å². The van der Waals surface area contributed by atoms with Crippen molar-refractivity contribution in [3.05, 3.63) is 23.8 Å². The number of hydrogen-bond donors (Lipinski definition) is 0. The van der Waals surface area contributed by atoms with Crippen molar-refractivity contribution in [1.82, 2.24) is 0 Å². The van der Waals surface area contributed by atoms with Crippen LogP contribution in [0.5, 0.6) is 0 Å². The van der Waals surface area contributed by atoms with E-state index in [-0.39, 0.29) is 0 Å². The molecule has 0 spiro atoms. The predicted octanol–water partition coefficient (Wildman–Crippen LogP) is 2.92. The average Bonchev–Trinajstić information content (AvgIpc) is 1.68. The smallest absolute Gasteiger partial charge is 0.0374 e. The molecule has 0 rings (SSSR count). The zero-order valence-corrected chi connectivity index (χ0v) is 5.94. The standard InChI is InChI=1S/C8H14/c1-4-6-8(3)7-5-2/h4,6-7H,5H2,1-3H3/b6-4-,8-7-. The molecule has 0 amide bonds. The SMILES string of the molecule is C/C=C\C(C)=C/CC. The average molecular weight is 110 g/mol. The summed E-state index contributed by atoms with van der Waals surface area (Å²) in [5.74, 6) is 0. The van der Waals surface area contributed by atoms with Crippen LogP contribution >= 0.6 is 0 Å². The van der Waals surface area contributed by atoms with Gasteiger partial charge in [-0.15, -0.1) is 0 Å². The molecule has 8 heavy (non-hydrogen) atoms. The first-order chi connectivity index (χ1) is 3.81. The van der Waals surface area contributed by atoms with Gasteiger partial charge < -0.3 is 0 Å². The lowest BCUT2D eigenvalue weighted by Gasteiger charge is -1.85. The molecule has 0 heterocycles. The molecular formula is C8H14. The van der Waals surface area contributed by atoms with Gasteiger partial charge in [0.15, 0.2) is 0 Å². The molecule has 0 aliphatic carbocycles. The van der Waals surface area contributed by atoms with Crippen molar-refractivity contribution in [3.63, 3.8) is 0 Å². The molecule has 0 bridgehead atoms. The van der Waals surface area contributed by atoms with Crippen LogP contribution in [0, 0.1) is 0 Å². The van der Waals surface area contributed by atoms with Gasteiger partial charge in [0.2, 0.25) is 0 Å². The molecular weight excluding hydrogens is 96.1 g/mol. The van der Waals surface area contributed by atoms with Crippen molar-refractivity contribution < 1.29 is 0 Å². The molecule has 0 fully saturated rings. The topological polar surface area (TPSA) is 0 Å². The third-order valence-electron chi connectivity index (χ3n) is 0.956. The molecule has 0 aromatic rings. The second kappa shape index (κ2) is 4.63. The van der Waals surface area contributed by atoms with Gasteiger partial charge in [0.25, 0.3) is 0 Å². The van der Waals surface area contributed by atoms with E-state index < -0.39 is 0 Å². The fraction of sp³-hybridized carbons (Fsp3) is 0.500. The van der Waals surface area contributed by atoms with Gasteiger partial charge in [-0.2, -0.15) is 0 Å². The normalized spacial score (nSPS) is 13.1. The Balaban J connectivity index is 3.61. The molecule has 0 N–H and O–H groups in total. The first kappa shape index (κ1) is 7.48. The third kappa shape index (κ3) is 3.66. The molecule has 0 aromatic heterocycles. The fourth-order valence-electron chi connectivity index (χ4n) is 0.653. The largest absolute Gasteiger partial charge is 0.0874 e. The summed E-state index contributed by atoms with van der Waals surface area (Å²) in [6.07, 6.45) is 7.52. The monoisotopic (exact) mass is 110 g/mol. The zero-order chi connectivity index (χ0) is 6.41. The molecule has 0 saturated carbocycles. The molecule has 0 saturated heterocycles. The quantitative estimate of drug-likeness (QED) is 0.479. The first-order valence-corrected chi connectivity index (χ1v) is 3.10. The maximum Gasteiger partial charge on any atom is -0.0374 e. The molecule has 0 heteroatoms. The molecule has 0 aliphatic rings. The Morgan fingerprint density at radius 1 is 1.50 bits per heavy atom. The van der Waals surface area contributed by atoms with E-state index in [0.29, 0.717) is 0 Å². The predicted molar refractivity (Wildman–Crippen MR) is 38.9 cm³/mol. The highest BCUT2D eigenvalue weighted by molar-refractivity contribution is 5.14. The van der Waals surface area contributed by atoms with E-state index in [1.165, 1.54) is 5.57 Å². The van der Waals surface area contributed by atoms with Crippen molar-refractivity contribution in [2.45, 2.75) is 27.2 Å². The van der Waals surface area contributed by atoms with Crippen LogP contribution in [0.3, 0.4) is 0 Å². The lowest BCUT2D eigenvalue weighted by Crippen LogP contribution is -1.64. The minimum Gasteiger partial charge on any atom is -0.0874 e. The molecule has 0 atom stereocenters. The van der Waals surface area contributed by atoms with Gasteiger partial charge >= 0.3 is 0 Å². The van der Waals surface area contributed by atoms with Crippen LogP contribution in [-0.2, 0) is 0 Å². The highest BCUT2D eigenvalue weighted by Crippen LogP contribution is 1.95. The lowest BCUT2D eigenvalue weighted by molar-refractivity contribution is 1.20. The Morgan fingerprint density at radius 2 is 2.12 bits per heavy atom. The van der Waals surface area contributed by atoms with Crippen LogP contribution in [0.2, 0.25) is 0 Å². The second-order valence-corrected chi connectivity index (χ2v) is 1.86. The highest BCUT2D eigenvalue weighted by Gasteiger charge is 1.74. The van der Waals surface area contributed by atoms with Crippen LogP contribution < -0.4 is 0 Å². The van der Waals surface area contributed by atoms with E-state index in [9.17, 15) is 0 Å². The molecule has 0 radical (unpaired) electrons. The summed E-state index contributed by atoms with van der Waals surface area (Å²) in [7, 11) is 0. The summed E-state index contributed by atoms with van der Waals surface area (Å²) in [6.45, 7) is 6.30. The Hall–Kier alpha value is -0.520. The van der Waals surface area contributed by atoms with Gasteiger partial charge in [-0.25, -0.2) is 0 Å². The van der Waals surface area contributed by atoms with Crippen molar-refractivity contribution >= 4 is 0 Å². The van der Waals surface area contributed by atoms with Crippen molar-refractivity contribution in [2.75, 3.05) is 0 Å². The summed E-state index contributed by atoms with van der Waals surface area (Å²) in [5, 5.41) is 0. The molecule has 46 valence electrons. The number of hydrogen-bond acceptors (Lipinski definition) is 0. The van der Waals surface area contributed by atoms with E-state index in [0.717, 1.165) is 6.42 Å². The van der Waals surface area contributed by atoms with E-state index in [1.54, 1.807) is 0 Å². The Kier molecular flexibility index (Phi) is 4.33. The van der Waals surface area contributed by atoms with Crippen LogP contribution in [0.15, 0.2) is 23.8 Å². The Morgan fingerprint density at radius 3 is 2.50 bits per heavy atom. The van der Waals surface area contributed by atoms with E-state index in [2.05, 4.69) is 32.1 Å². The van der Waals surface area contributed by atoms with Gasteiger partial charge in [0, 0.05) is 0 Å². The summed E-state index contributed by atoms with van der Waals surface area (Å²) in [4.78, 5) is 0. The van der Waals surface area contributed by atoms with Crippen LogP contribution in [0.25, 0.3) is 0 Å².